The Morgan fingerprint density at radius 2 is 1.71 bits per heavy atom. The highest BCUT2D eigenvalue weighted by Crippen LogP contribution is 2.29. The molecule has 1 N–H and O–H groups in total. The molecular formula is C24H31N3O4. The number of hydrogen-bond donors (Lipinski definition) is 1. The molecule has 0 bridgehead atoms. The normalized spacial score (nSPS) is 14.4. The molecule has 1 aliphatic rings. The third kappa shape index (κ3) is 6.46. The van der Waals surface area contributed by atoms with Crippen LogP contribution >= 0.6 is 0 Å². The summed E-state index contributed by atoms with van der Waals surface area (Å²) in [5.74, 6) is 1.11. The maximum Gasteiger partial charge on any atom is 0.254 e. The van der Waals surface area contributed by atoms with Crippen molar-refractivity contribution >= 4 is 11.8 Å². The van der Waals surface area contributed by atoms with E-state index >= 15 is 0 Å². The molecule has 1 saturated heterocycles. The number of nitrogens with zero attached hydrogens (tertiary/aromatic N) is 2. The molecule has 0 aromatic heterocycles. The second-order valence-corrected chi connectivity index (χ2v) is 7.93. The van der Waals surface area contributed by atoms with Crippen molar-refractivity contribution in [2.24, 2.45) is 0 Å². The Balaban J connectivity index is 1.56. The minimum absolute atomic E-state index is 0.0191. The summed E-state index contributed by atoms with van der Waals surface area (Å²) in [5, 5.41) is 2.90. The molecule has 0 aliphatic carbocycles. The van der Waals surface area contributed by atoms with E-state index in [1.165, 1.54) is 0 Å². The fraction of sp³-hybridized carbons (Fsp3) is 0.417. The Labute approximate surface area is 183 Å². The third-order valence-corrected chi connectivity index (χ3v) is 5.12. The SMILES string of the molecule is COc1cc(C(=O)N2CCN(CC(=O)NC(C)C)CC2)ccc1OCc1ccccc1. The summed E-state index contributed by atoms with van der Waals surface area (Å²) < 4.78 is 11.3. The standard InChI is InChI=1S/C24H31N3O4/c1-18(2)25-23(28)16-26-11-13-27(14-12-26)24(29)20-9-10-21(22(15-20)30-3)31-17-19-7-5-4-6-8-19/h4-10,15,18H,11-14,16-17H2,1-3H3,(H,25,28). The molecule has 1 fully saturated rings. The van der Waals surface area contributed by atoms with Gasteiger partial charge in [0.15, 0.2) is 11.5 Å². The number of carbonyl (C=O) groups is 2. The number of carbonyl (C=O) groups excluding carboxylic acids is 2. The minimum Gasteiger partial charge on any atom is -0.493 e. The van der Waals surface area contributed by atoms with Crippen molar-refractivity contribution in [3.05, 3.63) is 59.7 Å². The Kier molecular flexibility index (Phi) is 7.89. The molecule has 7 nitrogen and oxygen atoms in total. The first-order chi connectivity index (χ1) is 15.0. The maximum atomic E-state index is 13.0. The Hall–Kier alpha value is -3.06. The van der Waals surface area contributed by atoms with Crippen LogP contribution in [0.3, 0.4) is 0 Å². The van der Waals surface area contributed by atoms with Gasteiger partial charge in [-0.15, -0.1) is 0 Å². The lowest BCUT2D eigenvalue weighted by Gasteiger charge is -2.34. The molecule has 31 heavy (non-hydrogen) atoms. The van der Waals surface area contributed by atoms with E-state index in [0.717, 1.165) is 5.56 Å². The number of nitrogens with one attached hydrogen (secondary N) is 1. The van der Waals surface area contributed by atoms with E-state index in [1.807, 2.05) is 49.1 Å². The summed E-state index contributed by atoms with van der Waals surface area (Å²) in [7, 11) is 1.57. The zero-order valence-corrected chi connectivity index (χ0v) is 18.5. The molecule has 2 aromatic rings. The van der Waals surface area contributed by atoms with E-state index in [9.17, 15) is 9.59 Å². The van der Waals surface area contributed by atoms with Crippen LogP contribution in [0.15, 0.2) is 48.5 Å². The Morgan fingerprint density at radius 3 is 2.35 bits per heavy atom. The van der Waals surface area contributed by atoms with Crippen molar-refractivity contribution in [1.29, 1.82) is 0 Å². The summed E-state index contributed by atoms with van der Waals surface area (Å²) in [6.45, 7) is 7.20. The average Bonchev–Trinajstić information content (AvgIpc) is 2.77. The molecule has 0 atom stereocenters. The van der Waals surface area contributed by atoms with Crippen LogP contribution in [-0.2, 0) is 11.4 Å². The Bertz CT molecular complexity index is 878. The van der Waals surface area contributed by atoms with Gasteiger partial charge in [-0.2, -0.15) is 0 Å². The van der Waals surface area contributed by atoms with E-state index < -0.39 is 0 Å². The van der Waals surface area contributed by atoms with Crippen molar-refractivity contribution < 1.29 is 19.1 Å². The van der Waals surface area contributed by atoms with Gasteiger partial charge < -0.3 is 19.7 Å². The lowest BCUT2D eigenvalue weighted by molar-refractivity contribution is -0.123. The topological polar surface area (TPSA) is 71.1 Å². The molecule has 3 rings (SSSR count). The van der Waals surface area contributed by atoms with Crippen LogP contribution in [-0.4, -0.2) is 67.5 Å². The van der Waals surface area contributed by atoms with Gasteiger partial charge in [0.1, 0.15) is 6.61 Å². The molecule has 1 aliphatic heterocycles. The lowest BCUT2D eigenvalue weighted by atomic mass is 10.1. The van der Waals surface area contributed by atoms with E-state index in [2.05, 4.69) is 10.2 Å². The van der Waals surface area contributed by atoms with E-state index in [0.29, 0.717) is 56.4 Å². The van der Waals surface area contributed by atoms with Crippen molar-refractivity contribution in [1.82, 2.24) is 15.1 Å². The summed E-state index contributed by atoms with van der Waals surface area (Å²) in [5.41, 5.74) is 1.62. The molecule has 0 saturated carbocycles. The van der Waals surface area contributed by atoms with Crippen molar-refractivity contribution in [2.75, 3.05) is 39.8 Å². The number of benzene rings is 2. The molecule has 0 spiro atoms. The van der Waals surface area contributed by atoms with Crippen LogP contribution < -0.4 is 14.8 Å². The van der Waals surface area contributed by atoms with Gasteiger partial charge in [-0.3, -0.25) is 14.5 Å². The summed E-state index contributed by atoms with van der Waals surface area (Å²) in [4.78, 5) is 28.8. The molecule has 2 aromatic carbocycles. The third-order valence-electron chi connectivity index (χ3n) is 5.12. The molecular weight excluding hydrogens is 394 g/mol. The van der Waals surface area contributed by atoms with Gasteiger partial charge >= 0.3 is 0 Å². The van der Waals surface area contributed by atoms with Crippen molar-refractivity contribution in [3.8, 4) is 11.5 Å². The largest absolute Gasteiger partial charge is 0.493 e. The first-order valence-corrected chi connectivity index (χ1v) is 10.6. The number of rotatable bonds is 8. The van der Waals surface area contributed by atoms with E-state index in [-0.39, 0.29) is 17.9 Å². The first kappa shape index (κ1) is 22.6. The zero-order valence-electron chi connectivity index (χ0n) is 18.5. The highest BCUT2D eigenvalue weighted by Gasteiger charge is 2.24. The summed E-state index contributed by atoms with van der Waals surface area (Å²) in [6.07, 6.45) is 0. The fourth-order valence-electron chi connectivity index (χ4n) is 3.52. The molecule has 0 radical (unpaired) electrons. The fourth-order valence-corrected chi connectivity index (χ4v) is 3.52. The minimum atomic E-state index is -0.0424. The number of ether oxygens (including phenoxy) is 2. The van der Waals surface area contributed by atoms with Gasteiger partial charge in [-0.1, -0.05) is 30.3 Å². The average molecular weight is 426 g/mol. The van der Waals surface area contributed by atoms with Gasteiger partial charge in [0, 0.05) is 37.8 Å². The zero-order chi connectivity index (χ0) is 22.2. The van der Waals surface area contributed by atoms with Gasteiger partial charge in [0.05, 0.1) is 13.7 Å². The van der Waals surface area contributed by atoms with Gasteiger partial charge in [0.25, 0.3) is 5.91 Å². The highest BCUT2D eigenvalue weighted by atomic mass is 16.5. The van der Waals surface area contributed by atoms with Crippen LogP contribution in [0, 0.1) is 0 Å². The maximum absolute atomic E-state index is 13.0. The van der Waals surface area contributed by atoms with Gasteiger partial charge in [-0.05, 0) is 37.6 Å². The Morgan fingerprint density at radius 1 is 1.00 bits per heavy atom. The summed E-state index contributed by atoms with van der Waals surface area (Å²) >= 11 is 0. The van der Waals surface area contributed by atoms with Crippen LogP contribution in [0.4, 0.5) is 0 Å². The van der Waals surface area contributed by atoms with E-state index in [4.69, 9.17) is 9.47 Å². The predicted octanol–water partition coefficient (Wildman–Crippen LogP) is 2.56. The second kappa shape index (κ2) is 10.8. The summed E-state index contributed by atoms with van der Waals surface area (Å²) in [6, 6.07) is 15.3. The number of hydrogen-bond acceptors (Lipinski definition) is 5. The molecule has 2 amide bonds. The smallest absolute Gasteiger partial charge is 0.254 e. The number of piperazine rings is 1. The quantitative estimate of drug-likeness (QED) is 0.704. The van der Waals surface area contributed by atoms with Crippen LogP contribution in [0.5, 0.6) is 11.5 Å². The number of methoxy groups -OCH3 is 1. The molecule has 7 heteroatoms. The highest BCUT2D eigenvalue weighted by molar-refractivity contribution is 5.95. The first-order valence-electron chi connectivity index (χ1n) is 10.6. The predicted molar refractivity (Wildman–Crippen MR) is 119 cm³/mol. The molecule has 166 valence electrons. The van der Waals surface area contributed by atoms with Crippen LogP contribution in [0.25, 0.3) is 0 Å². The molecule has 1 heterocycles. The van der Waals surface area contributed by atoms with Crippen molar-refractivity contribution in [2.45, 2.75) is 26.5 Å². The second-order valence-electron chi connectivity index (χ2n) is 7.93. The van der Waals surface area contributed by atoms with Gasteiger partial charge in [0.2, 0.25) is 5.91 Å². The lowest BCUT2D eigenvalue weighted by Crippen LogP contribution is -2.51. The van der Waals surface area contributed by atoms with Crippen LogP contribution in [0.1, 0.15) is 29.8 Å². The van der Waals surface area contributed by atoms with Gasteiger partial charge in [-0.25, -0.2) is 0 Å². The van der Waals surface area contributed by atoms with Crippen LogP contribution in [0.2, 0.25) is 0 Å². The van der Waals surface area contributed by atoms with E-state index in [1.54, 1.807) is 25.3 Å². The van der Waals surface area contributed by atoms with Crippen molar-refractivity contribution in [3.63, 3.8) is 0 Å². The number of amides is 2. The monoisotopic (exact) mass is 425 g/mol. The molecule has 0 unspecified atom stereocenters.